The Bertz CT molecular complexity index is 4240. The molecule has 0 unspecified atom stereocenters. The summed E-state index contributed by atoms with van der Waals surface area (Å²) in [5.41, 5.74) is 16.9. The van der Waals surface area contributed by atoms with Gasteiger partial charge in [0.25, 0.3) is 0 Å². The standard InChI is InChI=1S/C64H40N2O2/c1-3-16-41(17-4-1)42-32-36-45(37-33-42)65(46-38-34-43(35-39-46)47-24-13-28-55-50-22-10-12-30-59(50)67-63(47)55)58-40-56-61-51(25-15-31-60(61)68-64(56)54-23-8-7-21-49(54)58)53-27-14-26-52-48-20-9-11-29-57(48)66(62(52)53)44-18-5-2-6-19-44/h1-40H. The van der Waals surface area contributed by atoms with Crippen LogP contribution in [0.4, 0.5) is 17.1 Å². The molecule has 14 rings (SSSR count). The van der Waals surface area contributed by atoms with Crippen molar-refractivity contribution in [1.29, 1.82) is 0 Å². The molecule has 0 aliphatic rings. The van der Waals surface area contributed by atoms with Gasteiger partial charge in [0, 0.05) is 71.3 Å². The van der Waals surface area contributed by atoms with Crippen LogP contribution in [0.3, 0.4) is 0 Å². The van der Waals surface area contributed by atoms with Crippen molar-refractivity contribution in [1.82, 2.24) is 4.57 Å². The Morgan fingerprint density at radius 3 is 1.63 bits per heavy atom. The summed E-state index contributed by atoms with van der Waals surface area (Å²) < 4.78 is 15.9. The molecule has 3 heterocycles. The molecule has 0 N–H and O–H groups in total. The maximum atomic E-state index is 7.01. The van der Waals surface area contributed by atoms with Gasteiger partial charge in [-0.3, -0.25) is 0 Å². The molecule has 11 aromatic carbocycles. The van der Waals surface area contributed by atoms with E-state index in [-0.39, 0.29) is 0 Å². The van der Waals surface area contributed by atoms with Crippen LogP contribution in [0, 0.1) is 0 Å². The molecule has 4 heteroatoms. The van der Waals surface area contributed by atoms with Crippen LogP contribution in [0.15, 0.2) is 251 Å². The Morgan fingerprint density at radius 2 is 0.853 bits per heavy atom. The number of aromatic nitrogens is 1. The third-order valence-corrected chi connectivity index (χ3v) is 13.8. The second-order valence-electron chi connectivity index (χ2n) is 17.6. The molecule has 0 aliphatic carbocycles. The molecule has 68 heavy (non-hydrogen) atoms. The quantitative estimate of drug-likeness (QED) is 0.160. The summed E-state index contributed by atoms with van der Waals surface area (Å²) in [5, 5.41) is 8.96. The number of fused-ring (bicyclic) bond motifs is 11. The zero-order valence-corrected chi connectivity index (χ0v) is 36.8. The average Bonchev–Trinajstić information content (AvgIpc) is 4.10. The van der Waals surface area contributed by atoms with Gasteiger partial charge >= 0.3 is 0 Å². The molecule has 318 valence electrons. The maximum absolute atomic E-state index is 7.01. The molecular formula is C64H40N2O2. The molecule has 0 spiro atoms. The summed E-state index contributed by atoms with van der Waals surface area (Å²) in [5.74, 6) is 0. The van der Waals surface area contributed by atoms with Crippen molar-refractivity contribution in [3.63, 3.8) is 0 Å². The van der Waals surface area contributed by atoms with Gasteiger partial charge < -0.3 is 18.3 Å². The van der Waals surface area contributed by atoms with Crippen LogP contribution in [0.25, 0.3) is 116 Å². The van der Waals surface area contributed by atoms with Crippen LogP contribution in [0.5, 0.6) is 0 Å². The molecule has 0 radical (unpaired) electrons. The fraction of sp³-hybridized carbons (Fsp3) is 0. The lowest BCUT2D eigenvalue weighted by atomic mass is 9.95. The van der Waals surface area contributed by atoms with E-state index < -0.39 is 0 Å². The van der Waals surface area contributed by atoms with Crippen LogP contribution < -0.4 is 4.90 Å². The number of benzene rings is 11. The molecule has 4 nitrogen and oxygen atoms in total. The minimum absolute atomic E-state index is 0.849. The van der Waals surface area contributed by atoms with Gasteiger partial charge in [0.05, 0.1) is 16.7 Å². The molecule has 14 aromatic rings. The largest absolute Gasteiger partial charge is 0.455 e. The number of furan rings is 2. The fourth-order valence-electron chi connectivity index (χ4n) is 10.7. The minimum Gasteiger partial charge on any atom is -0.455 e. The number of anilines is 3. The van der Waals surface area contributed by atoms with E-state index in [1.165, 1.54) is 27.4 Å². The predicted octanol–water partition coefficient (Wildman–Crippen LogP) is 18.2. The van der Waals surface area contributed by atoms with Gasteiger partial charge in [-0.1, -0.05) is 182 Å². The van der Waals surface area contributed by atoms with E-state index in [1.807, 2.05) is 12.1 Å². The first-order valence-corrected chi connectivity index (χ1v) is 23.2. The second-order valence-corrected chi connectivity index (χ2v) is 17.6. The van der Waals surface area contributed by atoms with Gasteiger partial charge in [-0.25, -0.2) is 0 Å². The summed E-state index contributed by atoms with van der Waals surface area (Å²) in [6, 6.07) is 86.8. The number of hydrogen-bond acceptors (Lipinski definition) is 3. The lowest BCUT2D eigenvalue weighted by Crippen LogP contribution is -2.10. The normalized spacial score (nSPS) is 11.8. The molecule has 0 bridgehead atoms. The number of nitrogens with zero attached hydrogens (tertiary/aromatic N) is 2. The number of para-hydroxylation sites is 5. The summed E-state index contributed by atoms with van der Waals surface area (Å²) in [7, 11) is 0. The van der Waals surface area contributed by atoms with Crippen molar-refractivity contribution in [3.05, 3.63) is 243 Å². The number of hydrogen-bond donors (Lipinski definition) is 0. The van der Waals surface area contributed by atoms with Crippen LogP contribution in [-0.4, -0.2) is 4.57 Å². The van der Waals surface area contributed by atoms with Gasteiger partial charge in [-0.2, -0.15) is 0 Å². The Hall–Kier alpha value is -9.12. The summed E-state index contributed by atoms with van der Waals surface area (Å²) in [6.07, 6.45) is 0. The van der Waals surface area contributed by atoms with Crippen molar-refractivity contribution in [2.45, 2.75) is 0 Å². The van der Waals surface area contributed by atoms with E-state index in [2.05, 4.69) is 240 Å². The van der Waals surface area contributed by atoms with Crippen LogP contribution in [-0.2, 0) is 0 Å². The first-order valence-electron chi connectivity index (χ1n) is 23.2. The Morgan fingerprint density at radius 1 is 0.324 bits per heavy atom. The van der Waals surface area contributed by atoms with E-state index in [0.717, 1.165) is 105 Å². The van der Waals surface area contributed by atoms with Crippen LogP contribution in [0.1, 0.15) is 0 Å². The van der Waals surface area contributed by atoms with Gasteiger partial charge in [-0.05, 0) is 82.9 Å². The lowest BCUT2D eigenvalue weighted by Gasteiger charge is -2.27. The second kappa shape index (κ2) is 15.2. The monoisotopic (exact) mass is 868 g/mol. The molecule has 0 saturated carbocycles. The molecular weight excluding hydrogens is 829 g/mol. The topological polar surface area (TPSA) is 34.5 Å². The third-order valence-electron chi connectivity index (χ3n) is 13.8. The minimum atomic E-state index is 0.849. The molecule has 0 fully saturated rings. The van der Waals surface area contributed by atoms with E-state index in [9.17, 15) is 0 Å². The highest BCUT2D eigenvalue weighted by atomic mass is 16.3. The van der Waals surface area contributed by atoms with Gasteiger partial charge in [-0.15, -0.1) is 0 Å². The Kier molecular flexibility index (Phi) is 8.55. The third kappa shape index (κ3) is 5.87. The van der Waals surface area contributed by atoms with Crippen molar-refractivity contribution in [3.8, 4) is 39.1 Å². The number of rotatable bonds is 7. The zero-order valence-electron chi connectivity index (χ0n) is 36.8. The molecule has 3 aromatic heterocycles. The molecule has 0 atom stereocenters. The zero-order chi connectivity index (χ0) is 44.7. The predicted molar refractivity (Wildman–Crippen MR) is 284 cm³/mol. The average molecular weight is 869 g/mol. The van der Waals surface area contributed by atoms with Gasteiger partial charge in [0.15, 0.2) is 0 Å². The van der Waals surface area contributed by atoms with Crippen LogP contribution in [0.2, 0.25) is 0 Å². The highest BCUT2D eigenvalue weighted by molar-refractivity contribution is 6.24. The van der Waals surface area contributed by atoms with Crippen molar-refractivity contribution in [2.24, 2.45) is 0 Å². The maximum Gasteiger partial charge on any atom is 0.143 e. The van der Waals surface area contributed by atoms with Crippen LogP contribution >= 0.6 is 0 Å². The first-order chi connectivity index (χ1) is 33.7. The van der Waals surface area contributed by atoms with Crippen molar-refractivity contribution in [2.75, 3.05) is 4.90 Å². The summed E-state index contributed by atoms with van der Waals surface area (Å²) in [6.45, 7) is 0. The van der Waals surface area contributed by atoms with Crippen molar-refractivity contribution >= 4 is 93.5 Å². The smallest absolute Gasteiger partial charge is 0.143 e. The SMILES string of the molecule is c1ccc(-c2ccc(N(c3ccc(-c4cccc5c4oc4ccccc45)cc3)c3cc4c(oc5cccc(-c6cccc7c8ccccc8n(-c8ccccc8)c67)c54)c4ccccc34)cc2)cc1. The fourth-order valence-corrected chi connectivity index (χ4v) is 10.7. The lowest BCUT2D eigenvalue weighted by molar-refractivity contribution is 0.670. The van der Waals surface area contributed by atoms with E-state index in [1.54, 1.807) is 0 Å². The Balaban J connectivity index is 1.01. The Labute approximate surface area is 391 Å². The van der Waals surface area contributed by atoms with Gasteiger partial charge in [0.1, 0.15) is 22.3 Å². The summed E-state index contributed by atoms with van der Waals surface area (Å²) in [4.78, 5) is 2.40. The molecule has 0 amide bonds. The first kappa shape index (κ1) is 38.2. The van der Waals surface area contributed by atoms with Crippen molar-refractivity contribution < 1.29 is 8.83 Å². The van der Waals surface area contributed by atoms with E-state index in [0.29, 0.717) is 0 Å². The molecule has 0 aliphatic heterocycles. The highest BCUT2D eigenvalue weighted by Crippen LogP contribution is 2.48. The highest BCUT2D eigenvalue weighted by Gasteiger charge is 2.24. The van der Waals surface area contributed by atoms with E-state index in [4.69, 9.17) is 8.83 Å². The van der Waals surface area contributed by atoms with E-state index >= 15 is 0 Å². The van der Waals surface area contributed by atoms with Gasteiger partial charge in [0.2, 0.25) is 0 Å². The molecule has 0 saturated heterocycles. The summed E-state index contributed by atoms with van der Waals surface area (Å²) >= 11 is 0.